The Morgan fingerprint density at radius 1 is 0.440 bits per heavy atom. The molecule has 6 amide bonds. The first-order valence-electron chi connectivity index (χ1n) is 27.1. The molecular weight excluding hydrogens is 1180 g/mol. The second-order valence-electron chi connectivity index (χ2n) is 18.7. The molecule has 2 heterocycles. The van der Waals surface area contributed by atoms with E-state index < -0.39 is 84.4 Å². The molecule has 0 aliphatic heterocycles. The number of hydrogen-bond acceptors (Lipinski definition) is 16. The number of carbonyl (C=O) groups is 8. The number of carboxylic acid groups (broad SMARTS) is 2. The lowest BCUT2D eigenvalue weighted by molar-refractivity contribution is -0.139. The molecule has 4 aromatic rings. The number of pyridine rings is 2. The van der Waals surface area contributed by atoms with E-state index in [0.717, 1.165) is 0 Å². The van der Waals surface area contributed by atoms with Crippen molar-refractivity contribution >= 4 is 105 Å². The Hall–Kier alpha value is -6.90. The SMILES string of the molecule is O=C(O)CC(NC(=O)[C@H](COCCOCCNC(=O)CCC(=O)NCCOCCOC[C@H](NC(=O)CCCCNc1ccccn1)C(=O)NC(CC(=O)O)c1cc(Cl)cc(Cl)c1)NC(=O)CCCCNc1ccccn1)c1cc(Cl)cc(Cl)c1. The number of nitrogens with one attached hydrogen (secondary N) is 8. The summed E-state index contributed by atoms with van der Waals surface area (Å²) in [7, 11) is 0. The third-order valence-electron chi connectivity index (χ3n) is 11.9. The Morgan fingerprint density at radius 2 is 0.821 bits per heavy atom. The number of hydrogen-bond donors (Lipinski definition) is 10. The normalized spacial score (nSPS) is 12.4. The first-order valence-corrected chi connectivity index (χ1v) is 28.6. The molecule has 0 fully saturated rings. The van der Waals surface area contributed by atoms with Crippen molar-refractivity contribution in [1.82, 2.24) is 41.9 Å². The number of halogens is 4. The average molecular weight is 1250 g/mol. The van der Waals surface area contributed by atoms with Gasteiger partial charge in [0, 0.05) is 84.3 Å². The number of benzene rings is 2. The van der Waals surface area contributed by atoms with Gasteiger partial charge < -0.3 is 71.7 Å². The number of carboxylic acids is 2. The van der Waals surface area contributed by atoms with Crippen molar-refractivity contribution in [3.05, 3.63) is 116 Å². The Balaban J connectivity index is 1.11. The largest absolute Gasteiger partial charge is 0.481 e. The number of unbranched alkanes of at least 4 members (excludes halogenated alkanes) is 2. The molecular formula is C56H72Cl4N10O14. The Bertz CT molecular complexity index is 2490. The zero-order chi connectivity index (χ0) is 60.9. The van der Waals surface area contributed by atoms with Gasteiger partial charge in [-0.3, -0.25) is 38.4 Å². The summed E-state index contributed by atoms with van der Waals surface area (Å²) >= 11 is 24.7. The quantitative estimate of drug-likeness (QED) is 0.0239. The fourth-order valence-corrected chi connectivity index (χ4v) is 8.90. The number of aromatic nitrogens is 2. The summed E-state index contributed by atoms with van der Waals surface area (Å²) in [4.78, 5) is 110. The Morgan fingerprint density at radius 3 is 1.18 bits per heavy atom. The summed E-state index contributed by atoms with van der Waals surface area (Å²) in [6, 6.07) is 15.3. The van der Waals surface area contributed by atoms with Crippen LogP contribution in [0.15, 0.2) is 85.2 Å². The molecule has 0 saturated carbocycles. The van der Waals surface area contributed by atoms with Gasteiger partial charge >= 0.3 is 11.9 Å². The van der Waals surface area contributed by atoms with E-state index in [1.807, 2.05) is 24.3 Å². The molecule has 4 rings (SSSR count). The third kappa shape index (κ3) is 30.6. The minimum atomic E-state index is -1.21. The maximum Gasteiger partial charge on any atom is 0.305 e. The maximum absolute atomic E-state index is 13.6. The Kier molecular flexibility index (Phi) is 33.5. The summed E-state index contributed by atoms with van der Waals surface area (Å²) < 4.78 is 22.5. The smallest absolute Gasteiger partial charge is 0.305 e. The molecule has 0 spiro atoms. The van der Waals surface area contributed by atoms with Crippen molar-refractivity contribution in [2.24, 2.45) is 0 Å². The van der Waals surface area contributed by atoms with Crippen LogP contribution in [-0.2, 0) is 57.3 Å². The lowest BCUT2D eigenvalue weighted by Gasteiger charge is -2.23. The number of ether oxygens (including phenoxy) is 4. The monoisotopic (exact) mass is 1250 g/mol. The second-order valence-corrected chi connectivity index (χ2v) is 20.5. The fourth-order valence-electron chi connectivity index (χ4n) is 7.81. The number of aliphatic carboxylic acids is 2. The van der Waals surface area contributed by atoms with E-state index >= 15 is 0 Å². The highest BCUT2D eigenvalue weighted by Gasteiger charge is 2.28. The zero-order valence-electron chi connectivity index (χ0n) is 46.1. The van der Waals surface area contributed by atoms with Gasteiger partial charge in [0.05, 0.1) is 77.8 Å². The highest BCUT2D eigenvalue weighted by atomic mass is 35.5. The molecule has 458 valence electrons. The van der Waals surface area contributed by atoms with E-state index in [0.29, 0.717) is 61.5 Å². The molecule has 10 N–H and O–H groups in total. The van der Waals surface area contributed by atoms with Crippen molar-refractivity contribution in [3.63, 3.8) is 0 Å². The average Bonchev–Trinajstić information content (AvgIpc) is 3.46. The van der Waals surface area contributed by atoms with E-state index in [2.05, 4.69) is 52.5 Å². The standard InChI is InChI=1S/C56H72Cl4N10O14/c57-39-27-37(28-40(58)31-39)43(33-53(75)76)69-55(79)45(67-51(73)11-3-7-17-63-47-9-1-5-15-61-47)35-83-25-23-81-21-19-65-49(71)13-14-50(72)66-20-22-82-24-26-84-36-46(68-52(74)12-4-8-18-64-48-10-2-6-16-62-48)56(80)70-44(34-54(77)78)38-29-41(59)32-42(60)30-38/h1-2,5-6,9-10,15-16,27-32,43-46H,3-4,7-8,11-14,17-26,33-36H2,(H,61,63)(H,62,64)(H,65,71)(H,66,72)(H,67,73)(H,68,74)(H,69,79)(H,70,80)(H,75,76)(H,77,78)/t43?,44?,45-,46-/m0/s1. The minimum Gasteiger partial charge on any atom is -0.481 e. The summed E-state index contributed by atoms with van der Waals surface area (Å²) in [6.07, 6.45) is 4.60. The van der Waals surface area contributed by atoms with Gasteiger partial charge in [-0.15, -0.1) is 0 Å². The lowest BCUT2D eigenvalue weighted by atomic mass is 10.0. The van der Waals surface area contributed by atoms with Gasteiger partial charge in [-0.1, -0.05) is 58.5 Å². The van der Waals surface area contributed by atoms with Gasteiger partial charge in [0.25, 0.3) is 0 Å². The summed E-state index contributed by atoms with van der Waals surface area (Å²) in [5, 5.41) is 42.5. The van der Waals surface area contributed by atoms with Crippen LogP contribution >= 0.6 is 46.4 Å². The van der Waals surface area contributed by atoms with Crippen LogP contribution in [0.1, 0.15) is 87.4 Å². The van der Waals surface area contributed by atoms with Crippen LogP contribution in [-0.4, -0.2) is 159 Å². The first-order chi connectivity index (χ1) is 40.4. The van der Waals surface area contributed by atoms with E-state index in [4.69, 9.17) is 65.4 Å². The maximum atomic E-state index is 13.6. The Labute approximate surface area is 506 Å². The molecule has 4 atom stereocenters. The molecule has 0 bridgehead atoms. The predicted molar refractivity (Wildman–Crippen MR) is 315 cm³/mol. The van der Waals surface area contributed by atoms with E-state index in [1.165, 1.54) is 36.4 Å². The van der Waals surface area contributed by atoms with Crippen LogP contribution < -0.4 is 42.5 Å². The van der Waals surface area contributed by atoms with Gasteiger partial charge in [-0.05, 0) is 97.5 Å². The van der Waals surface area contributed by atoms with E-state index in [-0.39, 0.29) is 112 Å². The molecule has 28 heteroatoms. The number of rotatable bonds is 43. The van der Waals surface area contributed by atoms with Crippen LogP contribution in [0, 0.1) is 0 Å². The molecule has 0 aliphatic carbocycles. The number of amides is 6. The number of carbonyl (C=O) groups excluding carboxylic acids is 6. The van der Waals surface area contributed by atoms with Crippen LogP contribution in [0.5, 0.6) is 0 Å². The molecule has 2 aromatic carbocycles. The van der Waals surface area contributed by atoms with Gasteiger partial charge in [0.1, 0.15) is 23.7 Å². The van der Waals surface area contributed by atoms with Crippen LogP contribution in [0.25, 0.3) is 0 Å². The molecule has 24 nitrogen and oxygen atoms in total. The topological polar surface area (TPSA) is 336 Å². The van der Waals surface area contributed by atoms with E-state index in [1.54, 1.807) is 24.5 Å². The van der Waals surface area contributed by atoms with Gasteiger partial charge in [0.15, 0.2) is 0 Å². The first kappa shape index (κ1) is 69.6. The van der Waals surface area contributed by atoms with Crippen molar-refractivity contribution < 1.29 is 67.5 Å². The van der Waals surface area contributed by atoms with Crippen molar-refractivity contribution in [2.75, 3.05) is 89.7 Å². The van der Waals surface area contributed by atoms with Gasteiger partial charge in [0.2, 0.25) is 35.4 Å². The molecule has 0 saturated heterocycles. The summed E-state index contributed by atoms with van der Waals surface area (Å²) in [6.45, 7) is 1.14. The minimum absolute atomic E-state index is 0.000274. The molecule has 2 unspecified atom stereocenters. The highest BCUT2D eigenvalue weighted by Crippen LogP contribution is 2.27. The van der Waals surface area contributed by atoms with Crippen LogP contribution in [0.4, 0.5) is 11.6 Å². The molecule has 0 radical (unpaired) electrons. The van der Waals surface area contributed by atoms with Crippen molar-refractivity contribution in [3.8, 4) is 0 Å². The summed E-state index contributed by atoms with van der Waals surface area (Å²) in [5.74, 6) is -4.01. The lowest BCUT2D eigenvalue weighted by Crippen LogP contribution is -2.50. The van der Waals surface area contributed by atoms with Crippen LogP contribution in [0.2, 0.25) is 20.1 Å². The van der Waals surface area contributed by atoms with Crippen LogP contribution in [0.3, 0.4) is 0 Å². The predicted octanol–water partition coefficient (Wildman–Crippen LogP) is 5.67. The van der Waals surface area contributed by atoms with E-state index in [9.17, 15) is 48.6 Å². The zero-order valence-corrected chi connectivity index (χ0v) is 49.2. The molecule has 0 aliphatic rings. The summed E-state index contributed by atoms with van der Waals surface area (Å²) in [5.41, 5.74) is 0.704. The highest BCUT2D eigenvalue weighted by molar-refractivity contribution is 6.35. The van der Waals surface area contributed by atoms with Crippen molar-refractivity contribution in [1.29, 1.82) is 0 Å². The molecule has 2 aromatic heterocycles. The number of anilines is 2. The third-order valence-corrected chi connectivity index (χ3v) is 12.8. The fraction of sp³-hybridized carbons (Fsp3) is 0.464. The van der Waals surface area contributed by atoms with Gasteiger partial charge in [-0.25, -0.2) is 9.97 Å². The molecule has 84 heavy (non-hydrogen) atoms. The second kappa shape index (κ2) is 40.4. The number of nitrogens with zero attached hydrogens (tertiary/aromatic N) is 2. The van der Waals surface area contributed by atoms with Crippen molar-refractivity contribution in [2.45, 2.75) is 88.4 Å². The van der Waals surface area contributed by atoms with Gasteiger partial charge in [-0.2, -0.15) is 0 Å².